The van der Waals surface area contributed by atoms with Gasteiger partial charge in [0.2, 0.25) is 0 Å². The van der Waals surface area contributed by atoms with E-state index in [4.69, 9.17) is 4.74 Å². The highest BCUT2D eigenvalue weighted by atomic mass is 16.5. The number of rotatable bonds is 6. The second-order valence-electron chi connectivity index (χ2n) is 5.50. The molecule has 0 saturated heterocycles. The van der Waals surface area contributed by atoms with Crippen LogP contribution in [0.3, 0.4) is 0 Å². The van der Waals surface area contributed by atoms with Crippen molar-refractivity contribution in [3.8, 4) is 5.75 Å². The van der Waals surface area contributed by atoms with Gasteiger partial charge in [-0.3, -0.25) is 9.59 Å². The molecule has 0 spiro atoms. The predicted octanol–water partition coefficient (Wildman–Crippen LogP) is 3.79. The van der Waals surface area contributed by atoms with Gasteiger partial charge in [0.1, 0.15) is 5.75 Å². The van der Waals surface area contributed by atoms with Crippen molar-refractivity contribution in [3.05, 3.63) is 53.6 Å². The van der Waals surface area contributed by atoms with Crippen molar-refractivity contribution in [2.24, 2.45) is 0 Å². The van der Waals surface area contributed by atoms with E-state index in [1.807, 2.05) is 45.0 Å². The van der Waals surface area contributed by atoms with E-state index in [1.165, 1.54) is 0 Å². The number of ether oxygens (including phenoxy) is 1. The Labute approximate surface area is 148 Å². The quantitative estimate of drug-likeness (QED) is 0.786. The van der Waals surface area contributed by atoms with Gasteiger partial charge in [0.05, 0.1) is 12.3 Å². The molecule has 25 heavy (non-hydrogen) atoms. The Morgan fingerprint density at radius 3 is 2.04 bits per heavy atom. The van der Waals surface area contributed by atoms with Crippen molar-refractivity contribution >= 4 is 23.2 Å². The molecule has 0 saturated carbocycles. The van der Waals surface area contributed by atoms with E-state index in [0.29, 0.717) is 18.0 Å². The molecule has 2 aromatic rings. The monoisotopic (exact) mass is 340 g/mol. The molecule has 0 aliphatic heterocycles. The standard InChI is InChI=1S/C20H24N2O3/c1-4-14-10-9-11-15(5-2)18(14)22-20(24)19(23)21-16-12-7-8-13-17(16)25-6-3/h7-13H,4-6H2,1-3H3,(H,21,23)(H,22,24). The molecule has 0 bridgehead atoms. The molecule has 2 aromatic carbocycles. The number of hydrogen-bond acceptors (Lipinski definition) is 3. The van der Waals surface area contributed by atoms with Crippen LogP contribution in [0, 0.1) is 0 Å². The average molecular weight is 340 g/mol. The molecule has 0 fully saturated rings. The van der Waals surface area contributed by atoms with Crippen molar-refractivity contribution in [1.29, 1.82) is 0 Å². The van der Waals surface area contributed by atoms with Gasteiger partial charge in [-0.25, -0.2) is 0 Å². The maximum Gasteiger partial charge on any atom is 0.314 e. The van der Waals surface area contributed by atoms with Gasteiger partial charge < -0.3 is 15.4 Å². The summed E-state index contributed by atoms with van der Waals surface area (Å²) in [6.07, 6.45) is 1.55. The molecular weight excluding hydrogens is 316 g/mol. The fourth-order valence-corrected chi connectivity index (χ4v) is 2.60. The lowest BCUT2D eigenvalue weighted by Gasteiger charge is -2.15. The molecule has 0 radical (unpaired) electrons. The lowest BCUT2D eigenvalue weighted by atomic mass is 10.0. The van der Waals surface area contributed by atoms with E-state index in [1.54, 1.807) is 18.2 Å². The molecule has 0 heterocycles. The van der Waals surface area contributed by atoms with Gasteiger partial charge in [0.25, 0.3) is 0 Å². The highest BCUT2D eigenvalue weighted by Gasteiger charge is 2.18. The Morgan fingerprint density at radius 1 is 0.840 bits per heavy atom. The molecule has 132 valence electrons. The maximum atomic E-state index is 12.4. The lowest BCUT2D eigenvalue weighted by molar-refractivity contribution is -0.133. The predicted molar refractivity (Wildman–Crippen MR) is 100 cm³/mol. The van der Waals surface area contributed by atoms with Crippen LogP contribution in [0.2, 0.25) is 0 Å². The second kappa shape index (κ2) is 8.87. The molecule has 2 N–H and O–H groups in total. The van der Waals surface area contributed by atoms with Gasteiger partial charge in [0.15, 0.2) is 0 Å². The van der Waals surface area contributed by atoms with Crippen LogP contribution in [0.25, 0.3) is 0 Å². The lowest BCUT2D eigenvalue weighted by Crippen LogP contribution is -2.30. The first-order chi connectivity index (χ1) is 12.1. The van der Waals surface area contributed by atoms with Gasteiger partial charge in [-0.15, -0.1) is 0 Å². The van der Waals surface area contributed by atoms with Gasteiger partial charge in [0, 0.05) is 5.69 Å². The maximum absolute atomic E-state index is 12.4. The molecular formula is C20H24N2O3. The number of carbonyl (C=O) groups excluding carboxylic acids is 2. The number of para-hydroxylation sites is 3. The van der Waals surface area contributed by atoms with Crippen molar-refractivity contribution in [2.45, 2.75) is 33.6 Å². The zero-order valence-electron chi connectivity index (χ0n) is 14.9. The Hall–Kier alpha value is -2.82. The minimum absolute atomic E-state index is 0.475. The van der Waals surface area contributed by atoms with E-state index in [-0.39, 0.29) is 0 Å². The summed E-state index contributed by atoms with van der Waals surface area (Å²) in [7, 11) is 0. The van der Waals surface area contributed by atoms with Crippen molar-refractivity contribution < 1.29 is 14.3 Å². The number of amides is 2. The highest BCUT2D eigenvalue weighted by molar-refractivity contribution is 6.44. The SMILES string of the molecule is CCOc1ccccc1NC(=O)C(=O)Nc1c(CC)cccc1CC. The van der Waals surface area contributed by atoms with Crippen LogP contribution in [0.4, 0.5) is 11.4 Å². The molecule has 0 aliphatic rings. The van der Waals surface area contributed by atoms with E-state index in [9.17, 15) is 9.59 Å². The summed E-state index contributed by atoms with van der Waals surface area (Å²) in [5.41, 5.74) is 3.22. The first-order valence-electron chi connectivity index (χ1n) is 8.55. The zero-order chi connectivity index (χ0) is 18.2. The first kappa shape index (κ1) is 18.5. The van der Waals surface area contributed by atoms with E-state index >= 15 is 0 Å². The minimum Gasteiger partial charge on any atom is -0.492 e. The molecule has 2 amide bonds. The number of benzene rings is 2. The van der Waals surface area contributed by atoms with Crippen LogP contribution in [0.1, 0.15) is 31.9 Å². The average Bonchev–Trinajstić information content (AvgIpc) is 2.63. The molecule has 5 heteroatoms. The fourth-order valence-electron chi connectivity index (χ4n) is 2.60. The summed E-state index contributed by atoms with van der Waals surface area (Å²) in [6, 6.07) is 12.9. The van der Waals surface area contributed by atoms with Crippen LogP contribution >= 0.6 is 0 Å². The van der Waals surface area contributed by atoms with Crippen molar-refractivity contribution in [2.75, 3.05) is 17.2 Å². The van der Waals surface area contributed by atoms with Crippen LogP contribution in [0.5, 0.6) is 5.75 Å². The van der Waals surface area contributed by atoms with Gasteiger partial charge >= 0.3 is 11.8 Å². The summed E-state index contributed by atoms with van der Waals surface area (Å²) in [5, 5.41) is 5.38. The Balaban J connectivity index is 2.16. The van der Waals surface area contributed by atoms with Gasteiger partial charge in [-0.1, -0.05) is 44.2 Å². The summed E-state index contributed by atoms with van der Waals surface area (Å²) in [5.74, 6) is -0.878. The van der Waals surface area contributed by atoms with Crippen LogP contribution in [0.15, 0.2) is 42.5 Å². The third-order valence-corrected chi connectivity index (χ3v) is 3.88. The van der Waals surface area contributed by atoms with Crippen molar-refractivity contribution in [3.63, 3.8) is 0 Å². The van der Waals surface area contributed by atoms with Gasteiger partial charge in [-0.2, -0.15) is 0 Å². The number of carbonyl (C=O) groups is 2. The smallest absolute Gasteiger partial charge is 0.314 e. The third-order valence-electron chi connectivity index (χ3n) is 3.88. The Kier molecular flexibility index (Phi) is 6.57. The number of anilines is 2. The molecule has 0 aromatic heterocycles. The summed E-state index contributed by atoms with van der Waals surface area (Å²) < 4.78 is 5.46. The Bertz CT molecular complexity index is 734. The summed E-state index contributed by atoms with van der Waals surface area (Å²) in [4.78, 5) is 24.7. The topological polar surface area (TPSA) is 67.4 Å². The van der Waals surface area contributed by atoms with E-state index < -0.39 is 11.8 Å². The molecule has 0 aliphatic carbocycles. The summed E-state index contributed by atoms with van der Waals surface area (Å²) >= 11 is 0. The number of nitrogens with one attached hydrogen (secondary N) is 2. The third kappa shape index (κ3) is 4.59. The Morgan fingerprint density at radius 2 is 1.44 bits per heavy atom. The normalized spacial score (nSPS) is 10.2. The van der Waals surface area contributed by atoms with Crippen LogP contribution in [-0.2, 0) is 22.4 Å². The molecule has 5 nitrogen and oxygen atoms in total. The molecule has 0 unspecified atom stereocenters. The molecule has 0 atom stereocenters. The van der Waals surface area contributed by atoms with Crippen LogP contribution in [-0.4, -0.2) is 18.4 Å². The number of aryl methyl sites for hydroxylation is 2. The van der Waals surface area contributed by atoms with Crippen molar-refractivity contribution in [1.82, 2.24) is 0 Å². The zero-order valence-corrected chi connectivity index (χ0v) is 14.9. The van der Waals surface area contributed by atoms with Crippen LogP contribution < -0.4 is 15.4 Å². The minimum atomic E-state index is -0.722. The largest absolute Gasteiger partial charge is 0.492 e. The second-order valence-corrected chi connectivity index (χ2v) is 5.50. The van der Waals surface area contributed by atoms with Gasteiger partial charge in [-0.05, 0) is 43.0 Å². The first-order valence-corrected chi connectivity index (χ1v) is 8.55. The highest BCUT2D eigenvalue weighted by Crippen LogP contribution is 2.25. The summed E-state index contributed by atoms with van der Waals surface area (Å²) in [6.45, 7) is 6.37. The number of hydrogen-bond donors (Lipinski definition) is 2. The van der Waals surface area contributed by atoms with E-state index in [2.05, 4.69) is 10.6 Å². The fraction of sp³-hybridized carbons (Fsp3) is 0.300. The van der Waals surface area contributed by atoms with E-state index in [0.717, 1.165) is 29.7 Å². The molecule has 2 rings (SSSR count).